The molecule has 1 aliphatic carbocycles. The molecule has 4 heteroatoms. The normalized spacial score (nSPS) is 17.7. The molecule has 0 fully saturated rings. The van der Waals surface area contributed by atoms with Gasteiger partial charge >= 0.3 is 6.18 Å². The Labute approximate surface area is 61.2 Å². The lowest BCUT2D eigenvalue weighted by molar-refractivity contribution is -0.105. The number of carbonyl (C=O) groups is 1. The van der Waals surface area contributed by atoms with Gasteiger partial charge in [0, 0.05) is 12.0 Å². The van der Waals surface area contributed by atoms with Crippen LogP contribution in [0.3, 0.4) is 0 Å². The Morgan fingerprint density at radius 1 is 1.36 bits per heavy atom. The van der Waals surface area contributed by atoms with E-state index in [0.29, 0.717) is 6.29 Å². The van der Waals surface area contributed by atoms with Gasteiger partial charge in [0.15, 0.2) is 0 Å². The number of halogens is 3. The van der Waals surface area contributed by atoms with Gasteiger partial charge in [0.2, 0.25) is 0 Å². The second-order valence-electron chi connectivity index (χ2n) is 2.23. The standard InChI is InChI=1S/C7H5F3O/c8-7(9,10)6-2-1-5(3-6)4-11/h1-2,4H,3H2. The molecule has 1 aliphatic rings. The fraction of sp³-hybridized carbons (Fsp3) is 0.286. The monoisotopic (exact) mass is 162 g/mol. The SMILES string of the molecule is O=CC1=CC=C(C(F)(F)F)C1. The van der Waals surface area contributed by atoms with Crippen LogP contribution in [0.5, 0.6) is 0 Å². The van der Waals surface area contributed by atoms with Crippen LogP contribution < -0.4 is 0 Å². The minimum absolute atomic E-state index is 0.178. The molecule has 0 atom stereocenters. The number of carbonyl (C=O) groups excluding carboxylic acids is 1. The molecule has 0 saturated carbocycles. The third-order valence-electron chi connectivity index (χ3n) is 1.41. The minimum Gasteiger partial charge on any atom is -0.298 e. The van der Waals surface area contributed by atoms with E-state index in [1.165, 1.54) is 6.08 Å². The molecule has 1 nitrogen and oxygen atoms in total. The molecule has 0 radical (unpaired) electrons. The zero-order valence-corrected chi connectivity index (χ0v) is 5.48. The lowest BCUT2D eigenvalue weighted by atomic mass is 10.2. The Kier molecular flexibility index (Phi) is 1.85. The van der Waals surface area contributed by atoms with Gasteiger partial charge in [-0.05, 0) is 5.57 Å². The first kappa shape index (κ1) is 8.04. The summed E-state index contributed by atoms with van der Waals surface area (Å²) in [5, 5.41) is 0. The first-order chi connectivity index (χ1) is 5.04. The van der Waals surface area contributed by atoms with E-state index in [4.69, 9.17) is 0 Å². The van der Waals surface area contributed by atoms with E-state index < -0.39 is 11.7 Å². The van der Waals surface area contributed by atoms with Crippen molar-refractivity contribution in [2.24, 2.45) is 0 Å². The highest BCUT2D eigenvalue weighted by molar-refractivity contribution is 5.76. The van der Waals surface area contributed by atoms with Crippen molar-refractivity contribution in [2.45, 2.75) is 12.6 Å². The van der Waals surface area contributed by atoms with Gasteiger partial charge in [-0.3, -0.25) is 4.79 Å². The predicted molar refractivity (Wildman–Crippen MR) is 32.9 cm³/mol. The summed E-state index contributed by atoms with van der Waals surface area (Å²) in [4.78, 5) is 10.0. The fourth-order valence-electron chi connectivity index (χ4n) is 0.821. The van der Waals surface area contributed by atoms with Crippen molar-refractivity contribution in [2.75, 3.05) is 0 Å². The third-order valence-corrected chi connectivity index (χ3v) is 1.41. The van der Waals surface area contributed by atoms with Crippen molar-refractivity contribution in [1.82, 2.24) is 0 Å². The number of rotatable bonds is 1. The van der Waals surface area contributed by atoms with Crippen LogP contribution in [0, 0.1) is 0 Å². The van der Waals surface area contributed by atoms with E-state index in [9.17, 15) is 18.0 Å². The molecule has 0 N–H and O–H groups in total. The summed E-state index contributed by atoms with van der Waals surface area (Å²) in [6.45, 7) is 0. The van der Waals surface area contributed by atoms with Crippen LogP contribution in [0.2, 0.25) is 0 Å². The Morgan fingerprint density at radius 3 is 2.27 bits per heavy atom. The molecule has 0 aromatic rings. The van der Waals surface area contributed by atoms with E-state index in [1.54, 1.807) is 0 Å². The lowest BCUT2D eigenvalue weighted by Gasteiger charge is -2.06. The van der Waals surface area contributed by atoms with Gasteiger partial charge in [0.1, 0.15) is 6.29 Å². The average Bonchev–Trinajstić information content (AvgIpc) is 2.32. The van der Waals surface area contributed by atoms with Crippen molar-refractivity contribution in [1.29, 1.82) is 0 Å². The maximum Gasteiger partial charge on any atom is 0.413 e. The van der Waals surface area contributed by atoms with E-state index in [2.05, 4.69) is 0 Å². The highest BCUT2D eigenvalue weighted by Gasteiger charge is 2.34. The molecule has 0 aromatic heterocycles. The molecule has 0 aliphatic heterocycles. The molecule has 0 unspecified atom stereocenters. The topological polar surface area (TPSA) is 17.1 Å². The maximum absolute atomic E-state index is 11.9. The molecule has 0 aromatic carbocycles. The van der Waals surface area contributed by atoms with Crippen LogP contribution in [0.1, 0.15) is 6.42 Å². The van der Waals surface area contributed by atoms with E-state index in [0.717, 1.165) is 6.08 Å². The van der Waals surface area contributed by atoms with Crippen molar-refractivity contribution in [3.8, 4) is 0 Å². The van der Waals surface area contributed by atoms with Crippen molar-refractivity contribution in [3.63, 3.8) is 0 Å². The summed E-state index contributed by atoms with van der Waals surface area (Å²) in [6.07, 6.45) is -2.01. The molecule has 60 valence electrons. The van der Waals surface area contributed by atoms with Crippen LogP contribution in [0.25, 0.3) is 0 Å². The van der Waals surface area contributed by atoms with Gasteiger partial charge in [-0.1, -0.05) is 12.2 Å². The van der Waals surface area contributed by atoms with Crippen molar-refractivity contribution in [3.05, 3.63) is 23.3 Å². The smallest absolute Gasteiger partial charge is 0.298 e. The van der Waals surface area contributed by atoms with Crippen LogP contribution in [-0.4, -0.2) is 12.5 Å². The molecule has 11 heavy (non-hydrogen) atoms. The van der Waals surface area contributed by atoms with E-state index in [-0.39, 0.29) is 12.0 Å². The lowest BCUT2D eigenvalue weighted by Crippen LogP contribution is -2.10. The Morgan fingerprint density at radius 2 is 2.00 bits per heavy atom. The molecule has 0 saturated heterocycles. The summed E-state index contributed by atoms with van der Waals surface area (Å²) in [5.41, 5.74) is -0.475. The molecule has 0 bridgehead atoms. The van der Waals surface area contributed by atoms with Gasteiger partial charge in [-0.2, -0.15) is 13.2 Å². The third kappa shape index (κ3) is 1.69. The quantitative estimate of drug-likeness (QED) is 0.539. The minimum atomic E-state index is -4.29. The Balaban J connectivity index is 2.67. The highest BCUT2D eigenvalue weighted by atomic mass is 19.4. The Hall–Kier alpha value is -1.06. The zero-order valence-electron chi connectivity index (χ0n) is 5.48. The molecule has 0 amide bonds. The zero-order chi connectivity index (χ0) is 8.48. The molecule has 0 heterocycles. The van der Waals surface area contributed by atoms with Crippen LogP contribution in [0.15, 0.2) is 23.3 Å². The van der Waals surface area contributed by atoms with Gasteiger partial charge in [-0.25, -0.2) is 0 Å². The van der Waals surface area contributed by atoms with Crippen molar-refractivity contribution >= 4 is 6.29 Å². The number of hydrogen-bond acceptors (Lipinski definition) is 1. The van der Waals surface area contributed by atoms with Gasteiger partial charge in [0.25, 0.3) is 0 Å². The van der Waals surface area contributed by atoms with Gasteiger partial charge < -0.3 is 0 Å². The van der Waals surface area contributed by atoms with E-state index >= 15 is 0 Å². The molecule has 1 rings (SSSR count). The number of alkyl halides is 3. The largest absolute Gasteiger partial charge is 0.413 e. The molecular formula is C7H5F3O. The predicted octanol–water partition coefficient (Wildman–Crippen LogP) is 2.00. The summed E-state index contributed by atoms with van der Waals surface area (Å²) in [6, 6.07) is 0. The Bertz CT molecular complexity index is 235. The fourth-order valence-corrected chi connectivity index (χ4v) is 0.821. The highest BCUT2D eigenvalue weighted by Crippen LogP contribution is 2.33. The van der Waals surface area contributed by atoms with Crippen LogP contribution >= 0.6 is 0 Å². The first-order valence-corrected chi connectivity index (χ1v) is 2.96. The molecular weight excluding hydrogens is 157 g/mol. The summed E-state index contributed by atoms with van der Waals surface area (Å²) < 4.78 is 35.6. The summed E-state index contributed by atoms with van der Waals surface area (Å²) in [5.74, 6) is 0. The average molecular weight is 162 g/mol. The van der Waals surface area contributed by atoms with E-state index in [1.807, 2.05) is 0 Å². The summed E-state index contributed by atoms with van der Waals surface area (Å²) in [7, 11) is 0. The first-order valence-electron chi connectivity index (χ1n) is 2.96. The number of hydrogen-bond donors (Lipinski definition) is 0. The van der Waals surface area contributed by atoms with Crippen molar-refractivity contribution < 1.29 is 18.0 Å². The number of aldehydes is 1. The van der Waals surface area contributed by atoms with Gasteiger partial charge in [0.05, 0.1) is 0 Å². The summed E-state index contributed by atoms with van der Waals surface area (Å²) >= 11 is 0. The molecule has 0 spiro atoms. The second-order valence-corrected chi connectivity index (χ2v) is 2.23. The van der Waals surface area contributed by atoms with Crippen LogP contribution in [0.4, 0.5) is 13.2 Å². The van der Waals surface area contributed by atoms with Crippen LogP contribution in [-0.2, 0) is 4.79 Å². The second kappa shape index (κ2) is 2.53. The van der Waals surface area contributed by atoms with Gasteiger partial charge in [-0.15, -0.1) is 0 Å². The maximum atomic E-state index is 11.9. The number of allylic oxidation sites excluding steroid dienone is 4.